The number of carbonyl (C=O) groups excluding carboxylic acids is 1. The first kappa shape index (κ1) is 10.2. The van der Waals surface area contributed by atoms with Gasteiger partial charge >= 0.3 is 5.97 Å². The summed E-state index contributed by atoms with van der Waals surface area (Å²) < 4.78 is 5.36. The first-order chi connectivity index (χ1) is 4.98. The van der Waals surface area contributed by atoms with E-state index in [1.807, 2.05) is 20.3 Å². The van der Waals surface area contributed by atoms with Crippen LogP contribution in [0.4, 0.5) is 0 Å². The average Bonchev–Trinajstić information content (AvgIpc) is 1.87. The van der Waals surface area contributed by atoms with Crippen molar-refractivity contribution >= 4 is 5.97 Å². The number of rotatable bonds is 3. The van der Waals surface area contributed by atoms with Crippen molar-refractivity contribution in [1.82, 2.24) is 0 Å². The van der Waals surface area contributed by atoms with Crippen LogP contribution in [0.3, 0.4) is 0 Å². The molecule has 0 saturated carbocycles. The molecule has 11 heavy (non-hydrogen) atoms. The maximum Gasteiger partial charge on any atom is 0.307 e. The molecule has 0 spiro atoms. The van der Waals surface area contributed by atoms with Gasteiger partial charge in [0, 0.05) is 6.92 Å². The van der Waals surface area contributed by atoms with Gasteiger partial charge in [0.15, 0.2) is 0 Å². The number of hydrogen-bond donors (Lipinski definition) is 0. The topological polar surface area (TPSA) is 26.3 Å². The van der Waals surface area contributed by atoms with Crippen LogP contribution in [0.5, 0.6) is 0 Å². The predicted octanol–water partition coefficient (Wildman–Crippen LogP) is 1.12. The van der Waals surface area contributed by atoms with Crippen LogP contribution < -0.4 is 0 Å². The van der Waals surface area contributed by atoms with Crippen LogP contribution >= 0.6 is 0 Å². The molecule has 0 fully saturated rings. The average molecular weight is 158 g/mol. The van der Waals surface area contributed by atoms with E-state index in [0.29, 0.717) is 4.48 Å². The van der Waals surface area contributed by atoms with Crippen molar-refractivity contribution < 1.29 is 14.0 Å². The van der Waals surface area contributed by atoms with Gasteiger partial charge in [0.1, 0.15) is 12.5 Å². The molecular weight excluding hydrogens is 142 g/mol. The molecule has 64 valence electrons. The molecule has 3 heteroatoms. The van der Waals surface area contributed by atoms with Gasteiger partial charge in [-0.2, -0.15) is 0 Å². The van der Waals surface area contributed by atoms with Crippen molar-refractivity contribution in [2.45, 2.75) is 13.8 Å². The van der Waals surface area contributed by atoms with E-state index in [0.717, 1.165) is 6.54 Å². The van der Waals surface area contributed by atoms with Crippen molar-refractivity contribution in [1.29, 1.82) is 0 Å². The Morgan fingerprint density at radius 1 is 1.55 bits per heavy atom. The number of hydrogen-bond acceptors (Lipinski definition) is 2. The molecule has 0 bridgehead atoms. The Labute approximate surface area is 67.8 Å². The van der Waals surface area contributed by atoms with Crippen molar-refractivity contribution in [3.05, 3.63) is 12.5 Å². The number of nitrogens with zero attached hydrogens (tertiary/aromatic N) is 1. The molecule has 0 N–H and O–H groups in total. The Balaban J connectivity index is 3.82. The molecule has 0 radical (unpaired) electrons. The second kappa shape index (κ2) is 4.13. The molecule has 0 unspecified atom stereocenters. The SMILES string of the molecule is CC[N+](C)(C)C=COC(C)=O. The highest BCUT2D eigenvalue weighted by atomic mass is 16.5. The van der Waals surface area contributed by atoms with E-state index in [1.54, 1.807) is 0 Å². The minimum atomic E-state index is -0.280. The van der Waals surface area contributed by atoms with E-state index >= 15 is 0 Å². The van der Waals surface area contributed by atoms with Gasteiger partial charge < -0.3 is 4.74 Å². The summed E-state index contributed by atoms with van der Waals surface area (Å²) in [6.45, 7) is 4.42. The van der Waals surface area contributed by atoms with Crippen molar-refractivity contribution in [2.75, 3.05) is 20.6 Å². The normalized spacial score (nSPS) is 12.0. The van der Waals surface area contributed by atoms with E-state index in [2.05, 4.69) is 11.7 Å². The van der Waals surface area contributed by atoms with Crippen LogP contribution in [-0.4, -0.2) is 31.1 Å². The van der Waals surface area contributed by atoms with Crippen molar-refractivity contribution in [3.8, 4) is 0 Å². The fourth-order valence-electron chi connectivity index (χ4n) is 0.396. The monoisotopic (exact) mass is 158 g/mol. The molecule has 3 nitrogen and oxygen atoms in total. The van der Waals surface area contributed by atoms with Gasteiger partial charge in [0.05, 0.1) is 20.6 Å². The lowest BCUT2D eigenvalue weighted by molar-refractivity contribution is -0.837. The van der Waals surface area contributed by atoms with Gasteiger partial charge in [-0.1, -0.05) is 0 Å². The Bertz CT molecular complexity index is 161. The fourth-order valence-corrected chi connectivity index (χ4v) is 0.396. The van der Waals surface area contributed by atoms with Gasteiger partial charge in [-0.3, -0.25) is 9.28 Å². The van der Waals surface area contributed by atoms with Gasteiger partial charge in [0.25, 0.3) is 0 Å². The lowest BCUT2D eigenvalue weighted by atomic mass is 10.5. The standard InChI is InChI=1S/C8H16NO2/c1-5-9(3,4)6-7-11-8(2)10/h6-7H,5H2,1-4H3/q+1. The Morgan fingerprint density at radius 2 is 2.09 bits per heavy atom. The van der Waals surface area contributed by atoms with Gasteiger partial charge in [0.2, 0.25) is 0 Å². The lowest BCUT2D eigenvalue weighted by Gasteiger charge is -2.21. The smallest absolute Gasteiger partial charge is 0.307 e. The lowest BCUT2D eigenvalue weighted by Crippen LogP contribution is -2.32. The third-order valence-corrected chi connectivity index (χ3v) is 1.51. The summed E-state index contributed by atoms with van der Waals surface area (Å²) in [5.74, 6) is -0.280. The fraction of sp³-hybridized carbons (Fsp3) is 0.625. The summed E-state index contributed by atoms with van der Waals surface area (Å²) in [5.41, 5.74) is 0. The summed E-state index contributed by atoms with van der Waals surface area (Å²) in [7, 11) is 4.06. The van der Waals surface area contributed by atoms with Crippen LogP contribution in [0.15, 0.2) is 12.5 Å². The number of esters is 1. The van der Waals surface area contributed by atoms with E-state index in [1.165, 1.54) is 13.2 Å². The maximum atomic E-state index is 10.3. The molecule has 0 atom stereocenters. The number of ether oxygens (including phenoxy) is 1. The van der Waals surface area contributed by atoms with Crippen LogP contribution in [0, 0.1) is 0 Å². The molecule has 0 rings (SSSR count). The first-order valence-electron chi connectivity index (χ1n) is 3.65. The summed E-state index contributed by atoms with van der Waals surface area (Å²) in [4.78, 5) is 10.3. The highest BCUT2D eigenvalue weighted by molar-refractivity contribution is 5.66. The summed E-state index contributed by atoms with van der Waals surface area (Å²) in [6, 6.07) is 0. The molecule has 0 heterocycles. The van der Waals surface area contributed by atoms with E-state index in [-0.39, 0.29) is 5.97 Å². The third-order valence-electron chi connectivity index (χ3n) is 1.51. The minimum Gasteiger partial charge on any atom is -0.429 e. The zero-order valence-corrected chi connectivity index (χ0v) is 7.63. The van der Waals surface area contributed by atoms with E-state index in [4.69, 9.17) is 0 Å². The number of quaternary nitrogens is 1. The Morgan fingerprint density at radius 3 is 2.45 bits per heavy atom. The highest BCUT2D eigenvalue weighted by Crippen LogP contribution is 1.96. The Hall–Kier alpha value is -0.830. The highest BCUT2D eigenvalue weighted by Gasteiger charge is 2.05. The largest absolute Gasteiger partial charge is 0.429 e. The molecule has 0 aromatic heterocycles. The third kappa shape index (κ3) is 5.61. The van der Waals surface area contributed by atoms with Crippen molar-refractivity contribution in [3.63, 3.8) is 0 Å². The van der Waals surface area contributed by atoms with E-state index < -0.39 is 0 Å². The van der Waals surface area contributed by atoms with Gasteiger partial charge in [-0.05, 0) is 6.92 Å². The molecular formula is C8H16NO2+. The minimum absolute atomic E-state index is 0.280. The number of carbonyl (C=O) groups is 1. The van der Waals surface area contributed by atoms with Crippen LogP contribution in [0.25, 0.3) is 0 Å². The summed E-state index contributed by atoms with van der Waals surface area (Å²) in [5, 5.41) is 0. The second-order valence-corrected chi connectivity index (χ2v) is 2.99. The predicted molar refractivity (Wildman–Crippen MR) is 43.6 cm³/mol. The molecule has 0 aromatic rings. The molecule has 0 aromatic carbocycles. The van der Waals surface area contributed by atoms with E-state index in [9.17, 15) is 4.79 Å². The first-order valence-corrected chi connectivity index (χ1v) is 3.65. The molecule has 0 aliphatic heterocycles. The molecule has 0 aliphatic rings. The second-order valence-electron chi connectivity index (χ2n) is 2.99. The van der Waals surface area contributed by atoms with Crippen LogP contribution in [-0.2, 0) is 9.53 Å². The maximum absolute atomic E-state index is 10.3. The quantitative estimate of drug-likeness (QED) is 0.349. The molecule has 0 amide bonds. The van der Waals surface area contributed by atoms with Gasteiger partial charge in [-0.15, -0.1) is 0 Å². The summed E-state index contributed by atoms with van der Waals surface area (Å²) in [6.07, 6.45) is 3.27. The zero-order valence-electron chi connectivity index (χ0n) is 7.63. The summed E-state index contributed by atoms with van der Waals surface area (Å²) >= 11 is 0. The molecule has 0 aliphatic carbocycles. The van der Waals surface area contributed by atoms with Crippen LogP contribution in [0.1, 0.15) is 13.8 Å². The Kier molecular flexibility index (Phi) is 3.82. The van der Waals surface area contributed by atoms with Crippen LogP contribution in [0.2, 0.25) is 0 Å². The zero-order chi connectivity index (χ0) is 8.91. The molecule has 0 saturated heterocycles. The van der Waals surface area contributed by atoms with Crippen molar-refractivity contribution in [2.24, 2.45) is 0 Å². The van der Waals surface area contributed by atoms with Gasteiger partial charge in [-0.25, -0.2) is 0 Å².